The number of aliphatic hydroxyl groups is 11. The molecule has 87 heavy (non-hydrogen) atoms. The van der Waals surface area contributed by atoms with Gasteiger partial charge in [-0.25, -0.2) is 28.1 Å². The zero-order chi connectivity index (χ0) is 64.0. The highest BCUT2D eigenvalue weighted by molar-refractivity contribution is 5.71. The Labute approximate surface area is 503 Å². The summed E-state index contributed by atoms with van der Waals surface area (Å²) >= 11 is 0. The van der Waals surface area contributed by atoms with Crippen LogP contribution in [0.15, 0.2) is 129 Å². The van der Waals surface area contributed by atoms with E-state index in [1.807, 2.05) is 19.1 Å². The summed E-state index contributed by atoms with van der Waals surface area (Å²) in [5, 5.41) is 137. The molecule has 0 amide bonds. The van der Waals surface area contributed by atoms with Gasteiger partial charge in [-0.3, -0.25) is 9.59 Å². The standard InChI is InChI=1S/C47H73NO17.C13H12F2N6O/c1-27-17-15-13-11-9-7-5-6-8-10-12-14-16-18-34(64-46-44(58)41(48)43(57)30(4)63-46)24-38-40(45(59)60)37(54)26-47(61,65-38)25-33(51)22-36(53)35(52)20-19-31(49)21-32(50)23-39(55)62-29(3)28(2)42(27)56;14-10-1-2-11(12(15)3-10)13(22,4-20-8-16-6-18-20)5-21-9-17-7-19-21/h5-18,27-38,40-44,46,49-54,56-58,61H,19-26,48H2,1-4H3,(H,59,60);1-3,6-9,22H,4-5H2/b6-5+,9-7+,10-8+,13-11+,14-12+,17-15+,18-16+;/t27-,28-,29-,30+,31+,32+,33-,34-,35+,36+,37-,38-,40+,41-,42+,43+,44-,46-,47+;/m0./s1. The minimum atomic E-state index is -2.33. The third kappa shape index (κ3) is 22.8. The summed E-state index contributed by atoms with van der Waals surface area (Å²) in [6.45, 7) is 6.59. The zero-order valence-corrected chi connectivity index (χ0v) is 48.9. The minimum Gasteiger partial charge on any atom is -0.481 e. The molecule has 5 heterocycles. The zero-order valence-electron chi connectivity index (χ0n) is 48.9. The summed E-state index contributed by atoms with van der Waals surface area (Å²) < 4.78 is 53.1. The Morgan fingerprint density at radius 2 is 1.29 bits per heavy atom. The highest BCUT2D eigenvalue weighted by Crippen LogP contribution is 2.38. The number of aromatic nitrogens is 6. The van der Waals surface area contributed by atoms with Gasteiger partial charge in [0, 0.05) is 49.1 Å². The minimum absolute atomic E-state index is 0.0556. The van der Waals surface area contributed by atoms with Gasteiger partial charge in [0.25, 0.3) is 0 Å². The van der Waals surface area contributed by atoms with E-state index in [2.05, 4.69) is 20.2 Å². The SMILES string of the molecule is C[C@@H]1[C@H](O)[C@@H](C)/C=C/C=C/C=C/C=C/C=C/C=C/C=C/[C@H](O[C@@H]2O[C@H](C)[C@@H](O)[C@H](N)[C@@H]2O)C[C@@H]2O[C@](O)(C[C@@H](O)C[C@@H](O)[C@H](O)CC[C@@H](O)C[C@@H](O)CC(=O)O[C@H]1C)C[C@H](O)[C@H]2C(=O)O.OC(Cn1cncn1)(Cn1cncn1)c1ccc(F)cc1F. The molecule has 2 saturated heterocycles. The monoisotopic (exact) mass is 1230 g/mol. The number of carboxylic acid groups (broad SMARTS) is 1. The van der Waals surface area contributed by atoms with Crippen LogP contribution >= 0.6 is 0 Å². The number of rotatable bonds is 8. The smallest absolute Gasteiger partial charge is 0.311 e. The summed E-state index contributed by atoms with van der Waals surface area (Å²) in [6.07, 6.45) is 8.86. The van der Waals surface area contributed by atoms with E-state index in [9.17, 15) is 79.6 Å². The number of nitrogens with zero attached hydrogens (tertiary/aromatic N) is 6. The molecule has 1 aromatic carbocycles. The maximum atomic E-state index is 14.1. The van der Waals surface area contributed by atoms with Crippen LogP contribution in [0.25, 0.3) is 0 Å². The number of fused-ring (bicyclic) bond motifs is 2. The lowest BCUT2D eigenvalue weighted by molar-refractivity contribution is -0.308. The molecule has 0 unspecified atom stereocenters. The first kappa shape index (κ1) is 71.6. The predicted molar refractivity (Wildman–Crippen MR) is 307 cm³/mol. The number of ether oxygens (including phenoxy) is 4. The Morgan fingerprint density at radius 1 is 0.713 bits per heavy atom. The van der Waals surface area contributed by atoms with E-state index in [0.717, 1.165) is 12.1 Å². The lowest BCUT2D eigenvalue weighted by Crippen LogP contribution is -2.61. The second kappa shape index (κ2) is 34.6. The van der Waals surface area contributed by atoms with Crippen molar-refractivity contribution in [1.82, 2.24) is 29.5 Å². The van der Waals surface area contributed by atoms with Gasteiger partial charge in [0.1, 0.15) is 60.7 Å². The van der Waals surface area contributed by atoms with Gasteiger partial charge in [0.05, 0.1) is 92.7 Å². The van der Waals surface area contributed by atoms with Crippen molar-refractivity contribution in [2.24, 2.45) is 23.5 Å². The van der Waals surface area contributed by atoms with Crippen LogP contribution in [0.2, 0.25) is 0 Å². The first-order chi connectivity index (χ1) is 41.2. The van der Waals surface area contributed by atoms with E-state index < -0.39 is 164 Å². The van der Waals surface area contributed by atoms with Crippen molar-refractivity contribution >= 4 is 11.9 Å². The lowest BCUT2D eigenvalue weighted by atomic mass is 9.82. The van der Waals surface area contributed by atoms with E-state index in [1.165, 1.54) is 53.7 Å². The molecular weight excluding hydrogens is 1140 g/mol. The summed E-state index contributed by atoms with van der Waals surface area (Å²) in [6, 6.07) is 1.87. The summed E-state index contributed by atoms with van der Waals surface area (Å²) in [5.41, 5.74) is 4.27. The largest absolute Gasteiger partial charge is 0.481 e. The molecular formula is C60H85F2N7O18. The molecule has 3 aliphatic heterocycles. The van der Waals surface area contributed by atoms with Crippen molar-refractivity contribution in [3.8, 4) is 0 Å². The first-order valence-corrected chi connectivity index (χ1v) is 28.7. The summed E-state index contributed by atoms with van der Waals surface area (Å²) in [4.78, 5) is 32.6. The van der Waals surface area contributed by atoms with Gasteiger partial charge in [-0.2, -0.15) is 10.2 Å². The van der Waals surface area contributed by atoms with Crippen LogP contribution in [0, 0.1) is 29.4 Å². The Kier molecular flexibility index (Phi) is 28.5. The molecule has 3 aliphatic rings. The number of nitrogens with two attached hydrogens (primary N) is 1. The fraction of sp³-hybridized carbons (Fsp3) is 0.567. The maximum Gasteiger partial charge on any atom is 0.311 e. The average molecular weight is 1230 g/mol. The van der Waals surface area contributed by atoms with Crippen molar-refractivity contribution in [3.05, 3.63) is 146 Å². The number of carboxylic acids is 1. The number of halogens is 2. The number of hydrogen-bond donors (Lipinski definition) is 13. The third-order valence-corrected chi connectivity index (χ3v) is 15.2. The second-order valence-electron chi connectivity index (χ2n) is 22.4. The van der Waals surface area contributed by atoms with Gasteiger partial charge < -0.3 is 86.0 Å². The number of allylic oxidation sites excluding steroid dienone is 12. The van der Waals surface area contributed by atoms with E-state index in [4.69, 9.17) is 24.7 Å². The Balaban J connectivity index is 0.000000518. The quantitative estimate of drug-likeness (QED) is 0.142. The normalized spacial score (nSPS) is 37.0. The predicted octanol–water partition coefficient (Wildman–Crippen LogP) is 1.45. The number of carbonyl (C=O) groups excluding carboxylic acids is 1. The number of carbonyl (C=O) groups is 2. The highest BCUT2D eigenvalue weighted by atomic mass is 19.1. The number of cyclic esters (lactones) is 1. The van der Waals surface area contributed by atoms with Crippen molar-refractivity contribution in [2.45, 2.75) is 195 Å². The van der Waals surface area contributed by atoms with Crippen LogP contribution in [-0.4, -0.2) is 200 Å². The Bertz CT molecular complexity index is 2730. The van der Waals surface area contributed by atoms with Crippen molar-refractivity contribution in [1.29, 1.82) is 0 Å². The molecule has 6 rings (SSSR count). The van der Waals surface area contributed by atoms with Gasteiger partial charge in [0.2, 0.25) is 0 Å². The molecule has 0 spiro atoms. The average Bonchev–Trinajstić information content (AvgIpc) is 4.15. The molecule has 19 atom stereocenters. The van der Waals surface area contributed by atoms with Gasteiger partial charge >= 0.3 is 11.9 Å². The molecule has 482 valence electrons. The number of benzene rings is 1. The molecule has 0 radical (unpaired) electrons. The molecule has 3 aromatic rings. The van der Waals surface area contributed by atoms with Crippen LogP contribution in [-0.2, 0) is 47.2 Å². The van der Waals surface area contributed by atoms with Crippen LogP contribution in [0.4, 0.5) is 8.78 Å². The molecule has 0 saturated carbocycles. The van der Waals surface area contributed by atoms with Gasteiger partial charge in [-0.1, -0.05) is 105 Å². The third-order valence-electron chi connectivity index (χ3n) is 15.2. The van der Waals surface area contributed by atoms with E-state index in [1.54, 1.807) is 80.7 Å². The van der Waals surface area contributed by atoms with E-state index >= 15 is 0 Å². The lowest BCUT2D eigenvalue weighted by Gasteiger charge is -2.45. The van der Waals surface area contributed by atoms with E-state index in [0.29, 0.717) is 0 Å². The molecule has 14 N–H and O–H groups in total. The summed E-state index contributed by atoms with van der Waals surface area (Å²) in [5.74, 6) is -8.39. The van der Waals surface area contributed by atoms with Crippen molar-refractivity contribution < 1.29 is 98.6 Å². The van der Waals surface area contributed by atoms with Gasteiger partial charge in [0.15, 0.2) is 12.1 Å². The second-order valence-corrected chi connectivity index (χ2v) is 22.4. The molecule has 2 fully saturated rings. The molecule has 0 aliphatic carbocycles. The Hall–Kier alpha value is -6.12. The van der Waals surface area contributed by atoms with Gasteiger partial charge in [-0.05, 0) is 39.2 Å². The van der Waals surface area contributed by atoms with Crippen LogP contribution in [0.3, 0.4) is 0 Å². The van der Waals surface area contributed by atoms with Crippen LogP contribution < -0.4 is 5.73 Å². The molecule has 2 bridgehead atoms. The van der Waals surface area contributed by atoms with Crippen LogP contribution in [0.1, 0.15) is 84.6 Å². The fourth-order valence-electron chi connectivity index (χ4n) is 10.2. The topological polar surface area (TPSA) is 401 Å². The van der Waals surface area contributed by atoms with Crippen molar-refractivity contribution in [2.75, 3.05) is 0 Å². The summed E-state index contributed by atoms with van der Waals surface area (Å²) in [7, 11) is 0. The van der Waals surface area contributed by atoms with Crippen molar-refractivity contribution in [3.63, 3.8) is 0 Å². The van der Waals surface area contributed by atoms with Gasteiger partial charge in [-0.15, -0.1) is 0 Å². The fourth-order valence-corrected chi connectivity index (χ4v) is 10.2. The van der Waals surface area contributed by atoms with E-state index in [-0.39, 0.29) is 50.3 Å². The molecule has 25 nitrogen and oxygen atoms in total. The highest BCUT2D eigenvalue weighted by Gasteiger charge is 2.51. The molecule has 27 heteroatoms. The number of aliphatic carboxylic acids is 1. The number of aliphatic hydroxyl groups excluding tert-OH is 9. The maximum absolute atomic E-state index is 14.1. The van der Waals surface area contributed by atoms with Crippen LogP contribution in [0.5, 0.6) is 0 Å². The Morgan fingerprint density at radius 3 is 1.84 bits per heavy atom. The number of esters is 1. The molecule has 2 aromatic heterocycles. The number of hydrogen-bond acceptors (Lipinski definition) is 22. The first-order valence-electron chi connectivity index (χ1n) is 28.7.